The van der Waals surface area contributed by atoms with Crippen molar-refractivity contribution in [3.63, 3.8) is 0 Å². The first-order valence-corrected chi connectivity index (χ1v) is 24.2. The number of rotatable bonds is 44. The maximum atomic E-state index is 13.0. The van der Waals surface area contributed by atoms with Crippen LogP contribution in [0.25, 0.3) is 0 Å². The number of nitrogens with zero attached hydrogens (tertiary/aromatic N) is 1. The Kier molecular flexibility index (Phi) is 46.4. The van der Waals surface area contributed by atoms with Gasteiger partial charge in [0.05, 0.1) is 25.0 Å². The van der Waals surface area contributed by atoms with Gasteiger partial charge in [0.2, 0.25) is 0 Å². The molecule has 2 atom stereocenters. The Morgan fingerprint density at radius 1 is 0.400 bits per heavy atom. The Labute approximate surface area is 344 Å². The van der Waals surface area contributed by atoms with Crippen LogP contribution in [0.2, 0.25) is 0 Å². The van der Waals surface area contributed by atoms with E-state index in [1.165, 1.54) is 116 Å². The molecule has 0 aliphatic carbocycles. The molecule has 0 spiro atoms. The van der Waals surface area contributed by atoms with Crippen LogP contribution >= 0.6 is 0 Å². The number of unbranched alkanes of at least 4 members (excludes halogenated alkanes) is 23. The Morgan fingerprint density at radius 3 is 1.02 bits per heavy atom. The van der Waals surface area contributed by atoms with Gasteiger partial charge >= 0.3 is 11.9 Å². The zero-order chi connectivity index (χ0) is 39.6. The molecule has 0 bridgehead atoms. The highest BCUT2D eigenvalue weighted by atomic mass is 16.5. The van der Waals surface area contributed by atoms with Crippen molar-refractivity contribution in [3.8, 4) is 0 Å². The van der Waals surface area contributed by atoms with Gasteiger partial charge in [0.1, 0.15) is 0 Å². The summed E-state index contributed by atoms with van der Waals surface area (Å²) in [5.74, 6) is 0.290. The molecule has 0 fully saturated rings. The minimum atomic E-state index is 0. The van der Waals surface area contributed by atoms with E-state index in [2.05, 4.69) is 32.6 Å². The standard InChI is InChI=1S/C48H95NO5.CH4/c1-5-9-13-17-19-27-37-45(35-25-15-11-7-3)47(51)53-43-33-23-21-29-39-49(41-31-32-42-50)40-30-22-24-34-44-54-48(52)46(36-26-16-12-8-4)38-28-20-18-14-10-6-2;/h45-46,50H,5-44H2,1-4H3;1H4. The average Bonchev–Trinajstić information content (AvgIpc) is 3.17. The van der Waals surface area contributed by atoms with Gasteiger partial charge < -0.3 is 19.5 Å². The highest BCUT2D eigenvalue weighted by Crippen LogP contribution is 2.22. The zero-order valence-electron chi connectivity index (χ0n) is 37.0. The Bertz CT molecular complexity index is 718. The van der Waals surface area contributed by atoms with Gasteiger partial charge in [-0.25, -0.2) is 0 Å². The Balaban J connectivity index is 0. The molecule has 0 aliphatic rings. The molecule has 55 heavy (non-hydrogen) atoms. The second-order valence-electron chi connectivity index (χ2n) is 16.6. The second-order valence-corrected chi connectivity index (χ2v) is 16.6. The molecular formula is C49H99NO5. The van der Waals surface area contributed by atoms with Gasteiger partial charge in [-0.1, -0.05) is 189 Å². The van der Waals surface area contributed by atoms with Gasteiger partial charge in [-0.15, -0.1) is 0 Å². The van der Waals surface area contributed by atoms with Crippen LogP contribution in [0.3, 0.4) is 0 Å². The van der Waals surface area contributed by atoms with Crippen LogP contribution < -0.4 is 0 Å². The number of esters is 2. The van der Waals surface area contributed by atoms with Gasteiger partial charge in [-0.05, 0) is 83.8 Å². The normalized spacial score (nSPS) is 12.5. The van der Waals surface area contributed by atoms with E-state index >= 15 is 0 Å². The second kappa shape index (κ2) is 45.6. The smallest absolute Gasteiger partial charge is 0.308 e. The Hall–Kier alpha value is -1.14. The topological polar surface area (TPSA) is 76.1 Å². The third kappa shape index (κ3) is 38.2. The molecule has 1 N–H and O–H groups in total. The minimum Gasteiger partial charge on any atom is -0.465 e. The van der Waals surface area contributed by atoms with Crippen molar-refractivity contribution < 1.29 is 24.2 Å². The molecule has 6 nitrogen and oxygen atoms in total. The van der Waals surface area contributed by atoms with E-state index in [9.17, 15) is 14.7 Å². The summed E-state index contributed by atoms with van der Waals surface area (Å²) in [6.45, 7) is 13.6. The van der Waals surface area contributed by atoms with Crippen LogP contribution in [0.4, 0.5) is 0 Å². The van der Waals surface area contributed by atoms with E-state index in [1.807, 2.05) is 0 Å². The number of hydrogen-bond acceptors (Lipinski definition) is 6. The lowest BCUT2D eigenvalue weighted by molar-refractivity contribution is -0.150. The van der Waals surface area contributed by atoms with E-state index in [4.69, 9.17) is 9.47 Å². The van der Waals surface area contributed by atoms with Gasteiger partial charge in [-0.2, -0.15) is 0 Å². The molecule has 0 amide bonds. The van der Waals surface area contributed by atoms with Crippen molar-refractivity contribution >= 4 is 11.9 Å². The molecule has 6 heteroatoms. The molecule has 0 aromatic rings. The molecule has 0 saturated carbocycles. The van der Waals surface area contributed by atoms with Crippen molar-refractivity contribution in [1.29, 1.82) is 0 Å². The monoisotopic (exact) mass is 782 g/mol. The van der Waals surface area contributed by atoms with Crippen molar-refractivity contribution in [1.82, 2.24) is 4.90 Å². The lowest BCUT2D eigenvalue weighted by Gasteiger charge is -2.22. The highest BCUT2D eigenvalue weighted by Gasteiger charge is 2.20. The fraction of sp³-hybridized carbons (Fsp3) is 0.959. The molecule has 0 aromatic carbocycles. The predicted molar refractivity (Wildman–Crippen MR) is 239 cm³/mol. The van der Waals surface area contributed by atoms with Crippen molar-refractivity contribution in [2.24, 2.45) is 11.8 Å². The molecule has 0 saturated heterocycles. The first-order chi connectivity index (χ1) is 26.5. The third-order valence-electron chi connectivity index (χ3n) is 11.4. The summed E-state index contributed by atoms with van der Waals surface area (Å²) < 4.78 is 11.6. The van der Waals surface area contributed by atoms with E-state index in [1.54, 1.807) is 0 Å². The summed E-state index contributed by atoms with van der Waals surface area (Å²) in [4.78, 5) is 28.5. The molecule has 330 valence electrons. The van der Waals surface area contributed by atoms with Gasteiger partial charge in [-0.3, -0.25) is 9.59 Å². The summed E-state index contributed by atoms with van der Waals surface area (Å²) in [6, 6.07) is 0. The van der Waals surface area contributed by atoms with Crippen LogP contribution in [0, 0.1) is 11.8 Å². The largest absolute Gasteiger partial charge is 0.465 e. The van der Waals surface area contributed by atoms with Crippen molar-refractivity contribution in [3.05, 3.63) is 0 Å². The minimum absolute atomic E-state index is 0. The zero-order valence-corrected chi connectivity index (χ0v) is 37.0. The molecule has 0 rings (SSSR count). The highest BCUT2D eigenvalue weighted by molar-refractivity contribution is 5.72. The summed E-state index contributed by atoms with van der Waals surface area (Å²) in [5.41, 5.74) is 0. The number of ether oxygens (including phenoxy) is 2. The number of carbonyl (C=O) groups excluding carboxylic acids is 2. The lowest BCUT2D eigenvalue weighted by atomic mass is 9.94. The van der Waals surface area contributed by atoms with Gasteiger partial charge in [0.25, 0.3) is 0 Å². The van der Waals surface area contributed by atoms with E-state index < -0.39 is 0 Å². The van der Waals surface area contributed by atoms with Gasteiger partial charge in [0.15, 0.2) is 0 Å². The predicted octanol–water partition coefficient (Wildman–Crippen LogP) is 14.6. The lowest BCUT2D eigenvalue weighted by Crippen LogP contribution is -2.27. The molecule has 2 unspecified atom stereocenters. The first-order valence-electron chi connectivity index (χ1n) is 24.2. The van der Waals surface area contributed by atoms with Crippen LogP contribution in [-0.2, 0) is 19.1 Å². The van der Waals surface area contributed by atoms with Crippen molar-refractivity contribution in [2.45, 2.75) is 253 Å². The molecule has 0 radical (unpaired) electrons. The molecule has 0 aromatic heterocycles. The van der Waals surface area contributed by atoms with E-state index in [0.29, 0.717) is 13.2 Å². The average molecular weight is 782 g/mol. The summed E-state index contributed by atoms with van der Waals surface area (Å²) in [6.07, 6.45) is 39.6. The number of aliphatic hydroxyl groups excluding tert-OH is 1. The summed E-state index contributed by atoms with van der Waals surface area (Å²) in [7, 11) is 0. The van der Waals surface area contributed by atoms with E-state index in [0.717, 1.165) is 122 Å². The summed E-state index contributed by atoms with van der Waals surface area (Å²) >= 11 is 0. The number of hydrogen-bond donors (Lipinski definition) is 1. The van der Waals surface area contributed by atoms with Crippen molar-refractivity contribution in [2.75, 3.05) is 39.5 Å². The third-order valence-corrected chi connectivity index (χ3v) is 11.4. The first kappa shape index (κ1) is 56.0. The number of aliphatic hydroxyl groups is 1. The summed E-state index contributed by atoms with van der Waals surface area (Å²) in [5, 5.41) is 9.32. The van der Waals surface area contributed by atoms with Crippen LogP contribution in [0.15, 0.2) is 0 Å². The quantitative estimate of drug-likeness (QED) is 0.0490. The SMILES string of the molecule is C.CCCCCCCCC(CCCCCC)C(=O)OCCCCCCN(CCCCO)CCCCCCOC(=O)C(CCCCCC)CCCCCCCC. The fourth-order valence-corrected chi connectivity index (χ4v) is 7.68. The molecular weight excluding hydrogens is 683 g/mol. The van der Waals surface area contributed by atoms with Crippen LogP contribution in [-0.4, -0.2) is 61.4 Å². The molecule has 0 heterocycles. The van der Waals surface area contributed by atoms with Crippen LogP contribution in [0.5, 0.6) is 0 Å². The van der Waals surface area contributed by atoms with Crippen LogP contribution in [0.1, 0.15) is 253 Å². The molecule has 0 aliphatic heterocycles. The maximum absolute atomic E-state index is 13.0. The maximum Gasteiger partial charge on any atom is 0.308 e. The number of carbonyl (C=O) groups is 2. The van der Waals surface area contributed by atoms with E-state index in [-0.39, 0.29) is 37.8 Å². The fourth-order valence-electron chi connectivity index (χ4n) is 7.68. The van der Waals surface area contributed by atoms with Gasteiger partial charge in [0, 0.05) is 6.61 Å². The Morgan fingerprint density at radius 2 is 0.673 bits per heavy atom.